The summed E-state index contributed by atoms with van der Waals surface area (Å²) in [5, 5.41) is 10.6. The molecule has 5 rings (SSSR count). The number of nitrogens with zero attached hydrogens (tertiary/aromatic N) is 3. The van der Waals surface area contributed by atoms with E-state index in [2.05, 4.69) is 16.0 Å². The van der Waals surface area contributed by atoms with Crippen molar-refractivity contribution < 1.29 is 28.8 Å². The van der Waals surface area contributed by atoms with Crippen molar-refractivity contribution in [2.45, 2.75) is 50.7 Å². The van der Waals surface area contributed by atoms with Crippen molar-refractivity contribution >= 4 is 17.1 Å². The number of aryl methyl sites for hydroxylation is 1. The van der Waals surface area contributed by atoms with Gasteiger partial charge in [-0.1, -0.05) is 18.2 Å². The Kier molecular flexibility index (Phi) is 7.18. The van der Waals surface area contributed by atoms with Gasteiger partial charge in [0.05, 0.1) is 30.8 Å². The summed E-state index contributed by atoms with van der Waals surface area (Å²) < 4.78 is 22.1. The van der Waals surface area contributed by atoms with Crippen molar-refractivity contribution in [3.63, 3.8) is 0 Å². The summed E-state index contributed by atoms with van der Waals surface area (Å²) in [5.41, 5.74) is 3.68. The molecule has 4 heterocycles. The number of carbonyl (C=O) groups excluding carboxylic acids is 1. The number of fused-ring (bicyclic) bond motifs is 1. The molecule has 1 aliphatic carbocycles. The monoisotopic (exact) mass is 491 g/mol. The van der Waals surface area contributed by atoms with Crippen LogP contribution in [0, 0.1) is 0 Å². The number of allylic oxidation sites excluding steroid dienone is 4. The Morgan fingerprint density at radius 1 is 1.28 bits per heavy atom. The predicted octanol–water partition coefficient (Wildman–Crippen LogP) is 4.50. The molecule has 0 unspecified atom stereocenters. The van der Waals surface area contributed by atoms with Gasteiger partial charge in [0.15, 0.2) is 12.0 Å². The van der Waals surface area contributed by atoms with Gasteiger partial charge in [-0.2, -0.15) is 0 Å². The number of methoxy groups -OCH3 is 1. The molecular formula is C27H29N3O6. The van der Waals surface area contributed by atoms with Gasteiger partial charge in [0.1, 0.15) is 12.4 Å². The molecule has 9 nitrogen and oxygen atoms in total. The summed E-state index contributed by atoms with van der Waals surface area (Å²) in [4.78, 5) is 22.8. The third-order valence-electron chi connectivity index (χ3n) is 6.40. The van der Waals surface area contributed by atoms with Crippen LogP contribution < -0.4 is 4.74 Å². The maximum atomic E-state index is 12.5. The van der Waals surface area contributed by atoms with Crippen molar-refractivity contribution in [1.29, 1.82) is 0 Å². The summed E-state index contributed by atoms with van der Waals surface area (Å²) in [6.45, 7) is 0.288. The average molecular weight is 492 g/mol. The zero-order chi connectivity index (χ0) is 24.9. The number of aliphatic hydroxyl groups is 1. The minimum absolute atomic E-state index is 0.288. The fourth-order valence-corrected chi connectivity index (χ4v) is 4.53. The van der Waals surface area contributed by atoms with Gasteiger partial charge in [-0.15, -0.1) is 0 Å². The van der Waals surface area contributed by atoms with Crippen LogP contribution in [0.4, 0.5) is 4.79 Å². The van der Waals surface area contributed by atoms with E-state index in [-0.39, 0.29) is 12.4 Å². The highest BCUT2D eigenvalue weighted by molar-refractivity contribution is 5.78. The van der Waals surface area contributed by atoms with Crippen LogP contribution in [0.15, 0.2) is 72.4 Å². The van der Waals surface area contributed by atoms with E-state index in [0.29, 0.717) is 24.5 Å². The Hall–Kier alpha value is -3.85. The highest BCUT2D eigenvalue weighted by Crippen LogP contribution is 2.30. The zero-order valence-electron chi connectivity index (χ0n) is 20.1. The number of ether oxygens (including phenoxy) is 4. The molecule has 2 aliphatic heterocycles. The average Bonchev–Trinajstić information content (AvgIpc) is 3.28. The smallest absolute Gasteiger partial charge is 0.417 e. The largest absolute Gasteiger partial charge is 0.481 e. The number of amides is 1. The number of aromatic nitrogens is 2. The highest BCUT2D eigenvalue weighted by atomic mass is 16.6. The van der Waals surface area contributed by atoms with Crippen LogP contribution in [0.1, 0.15) is 37.7 Å². The molecule has 1 amide bonds. The third kappa shape index (κ3) is 5.36. The number of cyclic esters (lactones) is 1. The van der Waals surface area contributed by atoms with Gasteiger partial charge in [0.2, 0.25) is 11.8 Å². The molecule has 0 aromatic carbocycles. The Labute approximate surface area is 209 Å². The second kappa shape index (κ2) is 10.8. The van der Waals surface area contributed by atoms with Crippen LogP contribution in [0.25, 0.3) is 11.0 Å². The van der Waals surface area contributed by atoms with Crippen molar-refractivity contribution in [1.82, 2.24) is 14.9 Å². The summed E-state index contributed by atoms with van der Waals surface area (Å²) >= 11 is 0. The highest BCUT2D eigenvalue weighted by Gasteiger charge is 2.37. The van der Waals surface area contributed by atoms with Gasteiger partial charge in [-0.3, -0.25) is 4.98 Å². The van der Waals surface area contributed by atoms with Crippen LogP contribution in [-0.2, 0) is 20.6 Å². The number of pyridine rings is 2. The lowest BCUT2D eigenvalue weighted by atomic mass is 10.0. The van der Waals surface area contributed by atoms with Gasteiger partial charge in [-0.25, -0.2) is 14.7 Å². The standard InChI is InChI=1S/C27H29N3O6/c1-33-24-11-10-22-26(29-24)19(12-13-28-22)8-5-9-20(31)14-21-15-30(27(32)35-21)25-17-34-16-23(36-25)18-6-3-2-4-7-18/h2-3,6,10-13,16-17,20-21,31H,4-5,7-9,14-15H2,1H3/t20-,21-/m1/s1. The Balaban J connectivity index is 1.12. The molecule has 2 aromatic heterocycles. The van der Waals surface area contributed by atoms with Crippen molar-refractivity contribution in [2.24, 2.45) is 0 Å². The summed E-state index contributed by atoms with van der Waals surface area (Å²) in [7, 11) is 1.59. The molecule has 36 heavy (non-hydrogen) atoms. The lowest BCUT2D eigenvalue weighted by Gasteiger charge is -2.23. The molecular weight excluding hydrogens is 462 g/mol. The van der Waals surface area contributed by atoms with E-state index in [1.807, 2.05) is 24.3 Å². The van der Waals surface area contributed by atoms with E-state index in [1.165, 1.54) is 17.4 Å². The van der Waals surface area contributed by atoms with E-state index in [0.717, 1.165) is 47.9 Å². The first-order chi connectivity index (χ1) is 17.6. The molecule has 3 aliphatic rings. The number of hydrogen-bond donors (Lipinski definition) is 1. The van der Waals surface area contributed by atoms with E-state index in [4.69, 9.17) is 18.9 Å². The Morgan fingerprint density at radius 3 is 3.03 bits per heavy atom. The van der Waals surface area contributed by atoms with Crippen LogP contribution >= 0.6 is 0 Å². The van der Waals surface area contributed by atoms with Gasteiger partial charge < -0.3 is 24.1 Å². The van der Waals surface area contributed by atoms with Crippen molar-refractivity contribution in [3.8, 4) is 5.88 Å². The van der Waals surface area contributed by atoms with Gasteiger partial charge in [-0.05, 0) is 55.4 Å². The summed E-state index contributed by atoms with van der Waals surface area (Å²) in [6, 6.07) is 5.62. The lowest BCUT2D eigenvalue weighted by Crippen LogP contribution is -2.28. The molecule has 2 atom stereocenters. The maximum Gasteiger partial charge on any atom is 0.417 e. The van der Waals surface area contributed by atoms with Crippen LogP contribution in [0.3, 0.4) is 0 Å². The molecule has 9 heteroatoms. The van der Waals surface area contributed by atoms with E-state index in [1.54, 1.807) is 19.4 Å². The SMILES string of the molecule is COc1ccc2nccc(CCC[C@@H](O)C[C@@H]3CN(C4=COC=C(C5=CC=CCC5)O4)C(=O)O3)c2n1. The Morgan fingerprint density at radius 2 is 2.19 bits per heavy atom. The summed E-state index contributed by atoms with van der Waals surface area (Å²) in [6.07, 6.45) is 13.4. The third-order valence-corrected chi connectivity index (χ3v) is 6.40. The first-order valence-corrected chi connectivity index (χ1v) is 12.2. The van der Waals surface area contributed by atoms with Gasteiger partial charge in [0.25, 0.3) is 0 Å². The maximum absolute atomic E-state index is 12.5. The molecule has 1 N–H and O–H groups in total. The molecule has 1 saturated heterocycles. The molecule has 0 spiro atoms. The van der Waals surface area contributed by atoms with Crippen molar-refractivity contribution in [3.05, 3.63) is 77.9 Å². The number of hydrogen-bond acceptors (Lipinski definition) is 8. The second-order valence-electron chi connectivity index (χ2n) is 8.92. The van der Waals surface area contributed by atoms with Crippen LogP contribution in [-0.4, -0.2) is 51.9 Å². The molecule has 0 bridgehead atoms. The van der Waals surface area contributed by atoms with E-state index in [9.17, 15) is 9.90 Å². The first-order valence-electron chi connectivity index (χ1n) is 12.2. The normalized spacial score (nSPS) is 20.2. The van der Waals surface area contributed by atoms with E-state index >= 15 is 0 Å². The fraction of sp³-hybridized carbons (Fsp3) is 0.370. The van der Waals surface area contributed by atoms with Crippen LogP contribution in [0.5, 0.6) is 5.88 Å². The minimum Gasteiger partial charge on any atom is -0.481 e. The molecule has 1 fully saturated rings. The summed E-state index contributed by atoms with van der Waals surface area (Å²) in [5.74, 6) is 1.42. The topological polar surface area (TPSA) is 103 Å². The fourth-order valence-electron chi connectivity index (χ4n) is 4.53. The van der Waals surface area contributed by atoms with E-state index < -0.39 is 18.3 Å². The number of carbonyl (C=O) groups is 1. The molecule has 0 radical (unpaired) electrons. The Bertz CT molecular complexity index is 1250. The minimum atomic E-state index is -0.606. The molecule has 2 aromatic rings. The zero-order valence-corrected chi connectivity index (χ0v) is 20.1. The van der Waals surface area contributed by atoms with Crippen molar-refractivity contribution in [2.75, 3.05) is 13.7 Å². The predicted molar refractivity (Wildman–Crippen MR) is 131 cm³/mol. The molecule has 188 valence electrons. The molecule has 0 saturated carbocycles. The van der Waals surface area contributed by atoms with Gasteiger partial charge in [0, 0.05) is 18.7 Å². The quantitative estimate of drug-likeness (QED) is 0.547. The number of aliphatic hydroxyl groups excluding tert-OH is 1. The lowest BCUT2D eigenvalue weighted by molar-refractivity contribution is 0.0786. The first kappa shape index (κ1) is 23.9. The van der Waals surface area contributed by atoms with Crippen LogP contribution in [0.2, 0.25) is 0 Å². The second-order valence-corrected chi connectivity index (χ2v) is 8.92. The number of rotatable bonds is 9. The van der Waals surface area contributed by atoms with Gasteiger partial charge >= 0.3 is 6.09 Å².